The van der Waals surface area contributed by atoms with E-state index in [2.05, 4.69) is 34.5 Å². The molecule has 23 heavy (non-hydrogen) atoms. The number of carbonyl (C=O) groups is 1. The Bertz CT molecular complexity index is 731. The molecule has 0 aromatic heterocycles. The van der Waals surface area contributed by atoms with E-state index in [1.807, 2.05) is 18.2 Å². The summed E-state index contributed by atoms with van der Waals surface area (Å²) >= 11 is 6.08. The standard InChI is InChI=1S/C19H19ClN2O/c20-15-6-7-16-17(8-15)19(23)21-9-14-11-22(12-18(14)16)10-13-4-2-1-3-5-13/h1-8,14,18H,9-12H2,(H,21,23). The van der Waals surface area contributed by atoms with Crippen LogP contribution in [-0.4, -0.2) is 30.4 Å². The smallest absolute Gasteiger partial charge is 0.251 e. The molecule has 2 atom stereocenters. The van der Waals surface area contributed by atoms with Crippen molar-refractivity contribution in [2.45, 2.75) is 12.5 Å². The topological polar surface area (TPSA) is 32.3 Å². The quantitative estimate of drug-likeness (QED) is 0.918. The molecular formula is C19H19ClN2O. The van der Waals surface area contributed by atoms with Gasteiger partial charge in [0.1, 0.15) is 0 Å². The predicted octanol–water partition coefficient (Wildman–Crippen LogP) is 3.30. The van der Waals surface area contributed by atoms with Crippen molar-refractivity contribution in [3.05, 3.63) is 70.2 Å². The predicted molar refractivity (Wildman–Crippen MR) is 91.7 cm³/mol. The van der Waals surface area contributed by atoms with Crippen LogP contribution in [0.2, 0.25) is 5.02 Å². The van der Waals surface area contributed by atoms with Crippen LogP contribution >= 0.6 is 11.6 Å². The third-order valence-corrected chi connectivity index (χ3v) is 5.18. The van der Waals surface area contributed by atoms with Crippen molar-refractivity contribution in [2.24, 2.45) is 5.92 Å². The molecule has 1 amide bonds. The van der Waals surface area contributed by atoms with Gasteiger partial charge in [0.25, 0.3) is 5.91 Å². The molecular weight excluding hydrogens is 308 g/mol. The SMILES string of the molecule is O=C1NCC2CN(Cc3ccccc3)CC2c2ccc(Cl)cc21. The molecule has 2 aromatic carbocycles. The number of fused-ring (bicyclic) bond motifs is 3. The molecule has 2 aromatic rings. The molecule has 1 fully saturated rings. The summed E-state index contributed by atoms with van der Waals surface area (Å²) in [6, 6.07) is 16.3. The number of carbonyl (C=O) groups excluding carboxylic acids is 1. The number of amides is 1. The third-order valence-electron chi connectivity index (χ3n) is 4.95. The zero-order chi connectivity index (χ0) is 15.8. The molecule has 118 valence electrons. The number of likely N-dealkylation sites (tertiary alicyclic amines) is 1. The lowest BCUT2D eigenvalue weighted by molar-refractivity contribution is 0.0951. The summed E-state index contributed by atoms with van der Waals surface area (Å²) in [5, 5.41) is 3.68. The fraction of sp³-hybridized carbons (Fsp3) is 0.316. The highest BCUT2D eigenvalue weighted by atomic mass is 35.5. The minimum absolute atomic E-state index is 0.00603. The second-order valence-corrected chi connectivity index (χ2v) is 6.92. The summed E-state index contributed by atoms with van der Waals surface area (Å²) in [4.78, 5) is 14.8. The highest BCUT2D eigenvalue weighted by Gasteiger charge is 2.37. The second kappa shape index (κ2) is 5.99. The molecule has 0 radical (unpaired) electrons. The van der Waals surface area contributed by atoms with E-state index >= 15 is 0 Å². The number of nitrogens with zero attached hydrogens (tertiary/aromatic N) is 1. The normalized spacial score (nSPS) is 23.8. The van der Waals surface area contributed by atoms with Gasteiger partial charge in [-0.05, 0) is 29.2 Å². The number of benzene rings is 2. The number of nitrogens with one attached hydrogen (secondary N) is 1. The largest absolute Gasteiger partial charge is 0.352 e. The first kappa shape index (κ1) is 14.7. The molecule has 3 nitrogen and oxygen atoms in total. The van der Waals surface area contributed by atoms with Crippen LogP contribution in [0.15, 0.2) is 48.5 Å². The van der Waals surface area contributed by atoms with Crippen molar-refractivity contribution in [3.8, 4) is 0 Å². The van der Waals surface area contributed by atoms with Gasteiger partial charge in [0.2, 0.25) is 0 Å². The van der Waals surface area contributed by atoms with Gasteiger partial charge in [-0.15, -0.1) is 0 Å². The van der Waals surface area contributed by atoms with Crippen molar-refractivity contribution < 1.29 is 4.79 Å². The fourth-order valence-corrected chi connectivity index (χ4v) is 4.03. The van der Waals surface area contributed by atoms with Crippen molar-refractivity contribution in [1.82, 2.24) is 10.2 Å². The molecule has 0 saturated carbocycles. The summed E-state index contributed by atoms with van der Waals surface area (Å²) in [7, 11) is 0. The lowest BCUT2D eigenvalue weighted by Gasteiger charge is -2.17. The minimum atomic E-state index is 0.00603. The molecule has 0 aliphatic carbocycles. The van der Waals surface area contributed by atoms with Gasteiger partial charge in [0.05, 0.1) is 0 Å². The van der Waals surface area contributed by atoms with E-state index in [0.29, 0.717) is 16.9 Å². The van der Waals surface area contributed by atoms with Gasteiger partial charge in [-0.1, -0.05) is 48.0 Å². The Kier molecular flexibility index (Phi) is 3.83. The average Bonchev–Trinajstić information content (AvgIpc) is 2.91. The Hall–Kier alpha value is -1.84. The molecule has 0 bridgehead atoms. The fourth-order valence-electron chi connectivity index (χ4n) is 3.86. The van der Waals surface area contributed by atoms with Gasteiger partial charge < -0.3 is 5.32 Å². The van der Waals surface area contributed by atoms with Crippen LogP contribution in [0.25, 0.3) is 0 Å². The minimum Gasteiger partial charge on any atom is -0.352 e. The molecule has 4 rings (SSSR count). The van der Waals surface area contributed by atoms with Gasteiger partial charge in [0, 0.05) is 42.7 Å². The monoisotopic (exact) mass is 326 g/mol. The first-order valence-electron chi connectivity index (χ1n) is 8.04. The van der Waals surface area contributed by atoms with E-state index in [1.165, 1.54) is 5.56 Å². The highest BCUT2D eigenvalue weighted by molar-refractivity contribution is 6.31. The van der Waals surface area contributed by atoms with E-state index in [9.17, 15) is 4.79 Å². The second-order valence-electron chi connectivity index (χ2n) is 6.49. The summed E-state index contributed by atoms with van der Waals surface area (Å²) in [6.45, 7) is 3.71. The van der Waals surface area contributed by atoms with Crippen LogP contribution in [-0.2, 0) is 6.54 Å². The Labute approximate surface area is 141 Å². The number of halogens is 1. The maximum absolute atomic E-state index is 12.3. The Morgan fingerprint density at radius 3 is 2.78 bits per heavy atom. The maximum atomic E-state index is 12.3. The Morgan fingerprint density at radius 2 is 1.96 bits per heavy atom. The summed E-state index contributed by atoms with van der Waals surface area (Å²) in [5.74, 6) is 0.863. The molecule has 2 heterocycles. The summed E-state index contributed by atoms with van der Waals surface area (Å²) in [5.41, 5.74) is 3.22. The van der Waals surface area contributed by atoms with Crippen LogP contribution in [0, 0.1) is 5.92 Å². The summed E-state index contributed by atoms with van der Waals surface area (Å²) < 4.78 is 0. The zero-order valence-corrected chi connectivity index (χ0v) is 13.6. The molecule has 4 heteroatoms. The van der Waals surface area contributed by atoms with E-state index < -0.39 is 0 Å². The van der Waals surface area contributed by atoms with Gasteiger partial charge in [0.15, 0.2) is 0 Å². The average molecular weight is 327 g/mol. The molecule has 0 spiro atoms. The van der Waals surface area contributed by atoms with E-state index in [0.717, 1.165) is 37.3 Å². The van der Waals surface area contributed by atoms with E-state index in [1.54, 1.807) is 6.07 Å². The molecule has 2 unspecified atom stereocenters. The van der Waals surface area contributed by atoms with Crippen molar-refractivity contribution in [2.75, 3.05) is 19.6 Å². The van der Waals surface area contributed by atoms with Crippen LogP contribution in [0.4, 0.5) is 0 Å². The van der Waals surface area contributed by atoms with Crippen molar-refractivity contribution in [1.29, 1.82) is 0 Å². The Morgan fingerprint density at radius 1 is 1.13 bits per heavy atom. The Balaban J connectivity index is 1.60. The molecule has 2 aliphatic heterocycles. The first-order valence-corrected chi connectivity index (χ1v) is 8.42. The van der Waals surface area contributed by atoms with Gasteiger partial charge in [-0.2, -0.15) is 0 Å². The van der Waals surface area contributed by atoms with Crippen LogP contribution in [0.3, 0.4) is 0 Å². The third kappa shape index (κ3) is 2.87. The van der Waals surface area contributed by atoms with Crippen LogP contribution < -0.4 is 5.32 Å². The lowest BCUT2D eigenvalue weighted by Crippen LogP contribution is -2.29. The zero-order valence-electron chi connectivity index (χ0n) is 12.8. The van der Waals surface area contributed by atoms with Gasteiger partial charge in [-0.3, -0.25) is 9.69 Å². The van der Waals surface area contributed by atoms with Gasteiger partial charge >= 0.3 is 0 Å². The number of hydrogen-bond acceptors (Lipinski definition) is 2. The first-order chi connectivity index (χ1) is 11.2. The van der Waals surface area contributed by atoms with Gasteiger partial charge in [-0.25, -0.2) is 0 Å². The van der Waals surface area contributed by atoms with Crippen LogP contribution in [0.1, 0.15) is 27.4 Å². The lowest BCUT2D eigenvalue weighted by atomic mass is 9.87. The van der Waals surface area contributed by atoms with E-state index in [4.69, 9.17) is 11.6 Å². The molecule has 1 saturated heterocycles. The molecule has 1 N–H and O–H groups in total. The maximum Gasteiger partial charge on any atom is 0.251 e. The number of rotatable bonds is 2. The van der Waals surface area contributed by atoms with Crippen LogP contribution in [0.5, 0.6) is 0 Å². The van der Waals surface area contributed by atoms with Crippen molar-refractivity contribution >= 4 is 17.5 Å². The summed E-state index contributed by atoms with van der Waals surface area (Å²) in [6.07, 6.45) is 0. The van der Waals surface area contributed by atoms with Crippen molar-refractivity contribution in [3.63, 3.8) is 0 Å². The highest BCUT2D eigenvalue weighted by Crippen LogP contribution is 2.37. The number of hydrogen-bond donors (Lipinski definition) is 1. The van der Waals surface area contributed by atoms with E-state index in [-0.39, 0.29) is 5.91 Å². The molecule has 2 aliphatic rings.